The maximum atomic E-state index is 11.5. The zero-order valence-electron chi connectivity index (χ0n) is 20.5. The van der Waals surface area contributed by atoms with E-state index in [1.165, 1.54) is 12.4 Å². The van der Waals surface area contributed by atoms with Crippen molar-refractivity contribution in [3.63, 3.8) is 0 Å². The Bertz CT molecular complexity index is 1400. The van der Waals surface area contributed by atoms with Gasteiger partial charge in [-0.25, -0.2) is 25.4 Å². The fourth-order valence-electron chi connectivity index (χ4n) is 4.10. The Labute approximate surface area is 217 Å². The number of aliphatic hydroxyl groups excluding tert-OH is 1. The van der Waals surface area contributed by atoms with Crippen LogP contribution in [0.15, 0.2) is 42.7 Å². The van der Waals surface area contributed by atoms with Gasteiger partial charge in [-0.2, -0.15) is 0 Å². The molecular formula is C25H27N7O4S. The van der Waals surface area contributed by atoms with Gasteiger partial charge >= 0.3 is 0 Å². The molecule has 5 rings (SSSR count). The number of aliphatic hydroxyl groups is 1. The highest BCUT2D eigenvalue weighted by Crippen LogP contribution is 2.35. The number of carbonyl (C=O) groups excluding carboxylic acids is 1. The lowest BCUT2D eigenvalue weighted by atomic mass is 10.1. The molecular weight excluding hydrogens is 494 g/mol. The average Bonchev–Trinajstić information content (AvgIpc) is 3.35. The summed E-state index contributed by atoms with van der Waals surface area (Å²) in [4.78, 5) is 35.0. The first kappa shape index (κ1) is 25.0. The van der Waals surface area contributed by atoms with E-state index in [9.17, 15) is 9.90 Å². The lowest BCUT2D eigenvalue weighted by molar-refractivity contribution is 0.0705. The minimum atomic E-state index is -0.664. The van der Waals surface area contributed by atoms with Gasteiger partial charge in [-0.15, -0.1) is 11.3 Å². The highest BCUT2D eigenvalue weighted by Gasteiger charge is 2.21. The number of fused-ring (bicyclic) bond motifs is 1. The van der Waals surface area contributed by atoms with E-state index < -0.39 is 12.0 Å². The van der Waals surface area contributed by atoms with Crippen LogP contribution in [-0.2, 0) is 11.3 Å². The van der Waals surface area contributed by atoms with Crippen LogP contribution in [0.2, 0.25) is 0 Å². The van der Waals surface area contributed by atoms with E-state index in [2.05, 4.69) is 20.9 Å². The predicted molar refractivity (Wildman–Crippen MR) is 140 cm³/mol. The van der Waals surface area contributed by atoms with Gasteiger partial charge in [0.15, 0.2) is 11.6 Å². The molecule has 192 valence electrons. The van der Waals surface area contributed by atoms with Crippen LogP contribution in [0.5, 0.6) is 0 Å². The van der Waals surface area contributed by atoms with Crippen molar-refractivity contribution >= 4 is 39.2 Å². The number of hydrogen-bond acceptors (Lipinski definition) is 11. The number of carbonyl (C=O) groups is 1. The van der Waals surface area contributed by atoms with Gasteiger partial charge in [0.2, 0.25) is 5.95 Å². The van der Waals surface area contributed by atoms with Crippen LogP contribution in [0.4, 0.5) is 11.8 Å². The Kier molecular flexibility index (Phi) is 7.24. The van der Waals surface area contributed by atoms with Crippen LogP contribution in [0.3, 0.4) is 0 Å². The first-order valence-electron chi connectivity index (χ1n) is 11.8. The molecule has 3 N–H and O–H groups in total. The molecule has 0 radical (unpaired) electrons. The Morgan fingerprint density at radius 2 is 1.97 bits per heavy atom. The monoisotopic (exact) mass is 521 g/mol. The molecule has 1 aliphatic heterocycles. The quantitative estimate of drug-likeness (QED) is 0.246. The normalized spacial score (nSPS) is 14.5. The molecule has 0 aliphatic carbocycles. The van der Waals surface area contributed by atoms with Crippen LogP contribution in [0, 0.1) is 0 Å². The number of amides is 1. The molecule has 4 heterocycles. The van der Waals surface area contributed by atoms with E-state index in [4.69, 9.17) is 19.9 Å². The second-order valence-electron chi connectivity index (χ2n) is 8.77. The van der Waals surface area contributed by atoms with E-state index in [1.54, 1.807) is 23.7 Å². The fourth-order valence-corrected chi connectivity index (χ4v) is 5.27. The van der Waals surface area contributed by atoms with Crippen LogP contribution in [0.1, 0.15) is 33.8 Å². The molecule has 0 bridgehead atoms. The van der Waals surface area contributed by atoms with Gasteiger partial charge < -0.3 is 19.6 Å². The predicted octanol–water partition coefficient (Wildman–Crippen LogP) is 2.79. The van der Waals surface area contributed by atoms with Gasteiger partial charge in [0.1, 0.15) is 0 Å². The third kappa shape index (κ3) is 5.37. The highest BCUT2D eigenvalue weighted by atomic mass is 32.1. The molecule has 1 amide bonds. The Balaban J connectivity index is 1.49. The summed E-state index contributed by atoms with van der Waals surface area (Å²) >= 11 is 1.62. The Hall–Kier alpha value is -3.71. The van der Waals surface area contributed by atoms with Crippen LogP contribution in [0.25, 0.3) is 21.6 Å². The summed E-state index contributed by atoms with van der Waals surface area (Å²) in [6, 6.07) is 9.72. The number of anilines is 2. The second-order valence-corrected chi connectivity index (χ2v) is 9.90. The van der Waals surface area contributed by atoms with Gasteiger partial charge in [-0.3, -0.25) is 10.0 Å². The van der Waals surface area contributed by atoms with Crippen molar-refractivity contribution in [1.82, 2.24) is 25.4 Å². The van der Waals surface area contributed by atoms with Crippen molar-refractivity contribution in [3.05, 3.63) is 58.7 Å². The maximum Gasteiger partial charge on any atom is 0.277 e. The van der Waals surface area contributed by atoms with E-state index >= 15 is 0 Å². The molecule has 11 nitrogen and oxygen atoms in total. The molecule has 4 aromatic rings. The summed E-state index contributed by atoms with van der Waals surface area (Å²) in [5, 5.41) is 18.8. The third-order valence-electron chi connectivity index (χ3n) is 6.08. The van der Waals surface area contributed by atoms with Crippen molar-refractivity contribution in [2.75, 3.05) is 43.2 Å². The summed E-state index contributed by atoms with van der Waals surface area (Å²) in [6.45, 7) is 5.04. The lowest BCUT2D eigenvalue weighted by Crippen LogP contribution is -2.36. The lowest BCUT2D eigenvalue weighted by Gasteiger charge is -2.28. The van der Waals surface area contributed by atoms with Gasteiger partial charge in [-0.05, 0) is 24.6 Å². The molecule has 12 heteroatoms. The maximum absolute atomic E-state index is 11.5. The van der Waals surface area contributed by atoms with E-state index in [0.717, 1.165) is 45.1 Å². The van der Waals surface area contributed by atoms with Crippen molar-refractivity contribution < 1.29 is 19.8 Å². The summed E-state index contributed by atoms with van der Waals surface area (Å²) in [5.74, 6) is 1.26. The molecule has 0 spiro atoms. The number of benzene rings is 1. The number of thiophene rings is 1. The smallest absolute Gasteiger partial charge is 0.277 e. The molecule has 0 unspecified atom stereocenters. The number of aromatic nitrogens is 4. The van der Waals surface area contributed by atoms with Crippen LogP contribution >= 0.6 is 11.3 Å². The third-order valence-corrected chi connectivity index (χ3v) is 7.18. The van der Waals surface area contributed by atoms with Crippen LogP contribution in [-0.4, -0.2) is 69.5 Å². The molecule has 0 saturated carbocycles. The number of rotatable bonds is 7. The Morgan fingerprint density at radius 1 is 1.22 bits per heavy atom. The number of nitrogens with one attached hydrogen (secondary N) is 1. The molecule has 1 atom stereocenters. The second kappa shape index (κ2) is 10.7. The number of ether oxygens (including phenoxy) is 1. The number of nitrogens with zero attached hydrogens (tertiary/aromatic N) is 6. The molecule has 1 aliphatic rings. The average molecular weight is 522 g/mol. The summed E-state index contributed by atoms with van der Waals surface area (Å²) in [5.41, 5.74) is 4.24. The largest absolute Gasteiger partial charge is 0.389 e. The van der Waals surface area contributed by atoms with E-state index in [1.807, 2.05) is 36.2 Å². The van der Waals surface area contributed by atoms with Gasteiger partial charge in [0.05, 0.1) is 41.6 Å². The van der Waals surface area contributed by atoms with E-state index in [0.29, 0.717) is 31.5 Å². The number of morpholine rings is 1. The van der Waals surface area contributed by atoms with Crippen molar-refractivity contribution in [3.8, 4) is 11.4 Å². The summed E-state index contributed by atoms with van der Waals surface area (Å²) < 4.78 is 6.56. The van der Waals surface area contributed by atoms with Crippen LogP contribution < -0.4 is 15.3 Å². The van der Waals surface area contributed by atoms with Gasteiger partial charge in [0.25, 0.3) is 5.91 Å². The first-order chi connectivity index (χ1) is 17.9. The minimum Gasteiger partial charge on any atom is -0.389 e. The summed E-state index contributed by atoms with van der Waals surface area (Å²) in [7, 11) is 1.87. The summed E-state index contributed by atoms with van der Waals surface area (Å²) in [6.07, 6.45) is 2.15. The van der Waals surface area contributed by atoms with Gasteiger partial charge in [0, 0.05) is 43.0 Å². The van der Waals surface area contributed by atoms with Gasteiger partial charge in [-0.1, -0.05) is 18.2 Å². The van der Waals surface area contributed by atoms with Crippen molar-refractivity contribution in [1.29, 1.82) is 0 Å². The van der Waals surface area contributed by atoms with E-state index in [-0.39, 0.29) is 5.56 Å². The molecule has 1 aromatic carbocycles. The molecule has 1 saturated heterocycles. The zero-order chi connectivity index (χ0) is 25.9. The molecule has 37 heavy (non-hydrogen) atoms. The zero-order valence-corrected chi connectivity index (χ0v) is 21.3. The fraction of sp³-hybridized carbons (Fsp3) is 0.320. The number of hydroxylamine groups is 1. The highest BCUT2D eigenvalue weighted by molar-refractivity contribution is 7.19. The minimum absolute atomic E-state index is 0.166. The van der Waals surface area contributed by atoms with Crippen molar-refractivity contribution in [2.24, 2.45) is 0 Å². The first-order valence-corrected chi connectivity index (χ1v) is 12.6. The SMILES string of the molecule is C[C@H](O)c1cccc(-c2nc(N3CCOCC3)c3sc(CN(C)c4ncc(C(=O)NO)cn4)cc3n2)c1. The van der Waals surface area contributed by atoms with Crippen molar-refractivity contribution in [2.45, 2.75) is 19.6 Å². The molecule has 1 fully saturated rings. The number of hydrogen-bond donors (Lipinski definition) is 3. The Morgan fingerprint density at radius 3 is 2.68 bits per heavy atom. The molecule has 3 aromatic heterocycles. The topological polar surface area (TPSA) is 137 Å². The standard InChI is InChI=1S/C25H27N7O4S/c1-15(33)16-4-3-5-17(10-16)22-28-20-11-19(37-21(20)23(29-22)32-6-8-36-9-7-32)14-31(2)25-26-12-18(13-27-25)24(34)30-35/h3-5,10-13,15,33,35H,6-9,14H2,1-2H3,(H,30,34)/t15-/m0/s1.